The summed E-state index contributed by atoms with van der Waals surface area (Å²) in [6.45, 7) is 11.4. The minimum atomic E-state index is -0.574. The van der Waals surface area contributed by atoms with Crippen molar-refractivity contribution in [3.05, 3.63) is 0 Å². The lowest BCUT2D eigenvalue weighted by molar-refractivity contribution is -0.149. The predicted molar refractivity (Wildman–Crippen MR) is 71.8 cm³/mol. The van der Waals surface area contributed by atoms with E-state index >= 15 is 0 Å². The van der Waals surface area contributed by atoms with Gasteiger partial charge in [-0.1, -0.05) is 0 Å². The molecule has 1 fully saturated rings. The van der Waals surface area contributed by atoms with Crippen molar-refractivity contribution in [1.29, 1.82) is 0 Å². The van der Waals surface area contributed by atoms with E-state index in [2.05, 4.69) is 0 Å². The molecule has 0 spiro atoms. The van der Waals surface area contributed by atoms with Crippen LogP contribution in [-0.2, 0) is 14.3 Å². The smallest absolute Gasteiger partial charge is 0.411 e. The minimum absolute atomic E-state index is 0.317. The molecule has 5 nitrogen and oxygen atoms in total. The van der Waals surface area contributed by atoms with Crippen LogP contribution in [-0.4, -0.2) is 40.8 Å². The fourth-order valence-corrected chi connectivity index (χ4v) is 2.31. The van der Waals surface area contributed by atoms with Gasteiger partial charge in [-0.3, -0.25) is 4.90 Å². The van der Waals surface area contributed by atoms with Crippen molar-refractivity contribution in [2.75, 3.05) is 6.61 Å². The van der Waals surface area contributed by atoms with Crippen molar-refractivity contribution >= 4 is 12.1 Å². The second-order valence-corrected chi connectivity index (χ2v) is 6.47. The van der Waals surface area contributed by atoms with Crippen molar-refractivity contribution in [3.8, 4) is 0 Å². The second-order valence-electron chi connectivity index (χ2n) is 6.47. The van der Waals surface area contributed by atoms with Gasteiger partial charge in [0.15, 0.2) is 0 Å². The lowest BCUT2D eigenvalue weighted by atomic mass is 10.0. The first-order valence-corrected chi connectivity index (χ1v) is 6.77. The fourth-order valence-electron chi connectivity index (χ4n) is 2.31. The lowest BCUT2D eigenvalue weighted by Gasteiger charge is -2.36. The molecule has 0 aliphatic carbocycles. The van der Waals surface area contributed by atoms with E-state index in [1.807, 2.05) is 34.6 Å². The van der Waals surface area contributed by atoms with Gasteiger partial charge < -0.3 is 9.47 Å². The van der Waals surface area contributed by atoms with E-state index in [-0.39, 0.29) is 11.5 Å². The van der Waals surface area contributed by atoms with Crippen molar-refractivity contribution in [2.24, 2.45) is 0 Å². The standard InChI is InChI=1S/C14H25NO4/c1-7-18-11(16)10-8-9-14(5,6)15(10)12(17)19-13(2,3)4/h10H,7-9H2,1-6H3/t10-/m0/s1. The number of esters is 1. The average molecular weight is 271 g/mol. The Morgan fingerprint density at radius 2 is 1.89 bits per heavy atom. The number of carbonyl (C=O) groups is 2. The van der Waals surface area contributed by atoms with Crippen LogP contribution in [0.25, 0.3) is 0 Å². The van der Waals surface area contributed by atoms with Crippen molar-refractivity contribution in [2.45, 2.75) is 71.6 Å². The van der Waals surface area contributed by atoms with Gasteiger partial charge in [0.05, 0.1) is 6.61 Å². The molecule has 1 heterocycles. The lowest BCUT2D eigenvalue weighted by Crippen LogP contribution is -2.51. The third-order valence-corrected chi connectivity index (χ3v) is 3.14. The molecule has 0 aromatic carbocycles. The van der Waals surface area contributed by atoms with Crippen LogP contribution >= 0.6 is 0 Å². The van der Waals surface area contributed by atoms with Gasteiger partial charge in [-0.15, -0.1) is 0 Å². The van der Waals surface area contributed by atoms with E-state index in [0.29, 0.717) is 13.0 Å². The molecule has 1 atom stereocenters. The summed E-state index contributed by atoms with van der Waals surface area (Å²) in [7, 11) is 0. The quantitative estimate of drug-likeness (QED) is 0.725. The molecule has 1 saturated heterocycles. The first kappa shape index (κ1) is 15.8. The van der Waals surface area contributed by atoms with E-state index in [0.717, 1.165) is 6.42 Å². The summed E-state index contributed by atoms with van der Waals surface area (Å²) >= 11 is 0. The zero-order valence-electron chi connectivity index (χ0n) is 12.8. The SMILES string of the molecule is CCOC(=O)[C@@H]1CCC(C)(C)N1C(=O)OC(C)(C)C. The van der Waals surface area contributed by atoms with Crippen molar-refractivity contribution < 1.29 is 19.1 Å². The van der Waals surface area contributed by atoms with Gasteiger partial charge in [-0.25, -0.2) is 9.59 Å². The Kier molecular flexibility index (Phi) is 4.48. The molecule has 0 aromatic rings. The molecule has 19 heavy (non-hydrogen) atoms. The monoisotopic (exact) mass is 271 g/mol. The van der Waals surface area contributed by atoms with Gasteiger partial charge in [-0.2, -0.15) is 0 Å². The summed E-state index contributed by atoms with van der Waals surface area (Å²) < 4.78 is 10.4. The topological polar surface area (TPSA) is 55.8 Å². The summed E-state index contributed by atoms with van der Waals surface area (Å²) in [5, 5.41) is 0. The summed E-state index contributed by atoms with van der Waals surface area (Å²) in [5.74, 6) is -0.348. The highest BCUT2D eigenvalue weighted by molar-refractivity contribution is 5.83. The molecule has 0 N–H and O–H groups in total. The molecular weight excluding hydrogens is 246 g/mol. The molecule has 0 bridgehead atoms. The zero-order chi connectivity index (χ0) is 14.8. The number of likely N-dealkylation sites (tertiary alicyclic amines) is 1. The number of ether oxygens (including phenoxy) is 2. The van der Waals surface area contributed by atoms with Crippen LogP contribution in [0.4, 0.5) is 4.79 Å². The van der Waals surface area contributed by atoms with E-state index in [4.69, 9.17) is 9.47 Å². The molecule has 0 saturated carbocycles. The number of hydrogen-bond donors (Lipinski definition) is 0. The Hall–Kier alpha value is -1.26. The molecule has 1 aliphatic rings. The Labute approximate surface area is 115 Å². The molecule has 0 aromatic heterocycles. The molecule has 1 rings (SSSR count). The van der Waals surface area contributed by atoms with Crippen molar-refractivity contribution in [3.63, 3.8) is 0 Å². The van der Waals surface area contributed by atoms with Gasteiger partial charge >= 0.3 is 12.1 Å². The van der Waals surface area contributed by atoms with Crippen LogP contribution in [0.3, 0.4) is 0 Å². The van der Waals surface area contributed by atoms with E-state index in [1.54, 1.807) is 6.92 Å². The van der Waals surface area contributed by atoms with Gasteiger partial charge in [0.25, 0.3) is 0 Å². The summed E-state index contributed by atoms with van der Waals surface area (Å²) in [6.07, 6.45) is 0.925. The molecule has 110 valence electrons. The molecular formula is C14H25NO4. The van der Waals surface area contributed by atoms with Crippen LogP contribution in [0.5, 0.6) is 0 Å². The summed E-state index contributed by atoms with van der Waals surface area (Å²) in [6, 6.07) is -0.537. The van der Waals surface area contributed by atoms with Crippen LogP contribution in [0, 0.1) is 0 Å². The van der Waals surface area contributed by atoms with Crippen LogP contribution in [0.15, 0.2) is 0 Å². The molecule has 0 radical (unpaired) electrons. The normalized spacial score (nSPS) is 22.2. The predicted octanol–water partition coefficient (Wildman–Crippen LogP) is 2.73. The summed E-state index contributed by atoms with van der Waals surface area (Å²) in [5.41, 5.74) is -0.964. The van der Waals surface area contributed by atoms with E-state index in [1.165, 1.54) is 4.90 Å². The maximum atomic E-state index is 12.3. The first-order chi connectivity index (χ1) is 8.58. The van der Waals surface area contributed by atoms with Crippen LogP contribution < -0.4 is 0 Å². The fraction of sp³-hybridized carbons (Fsp3) is 0.857. The second kappa shape index (κ2) is 5.39. The molecule has 0 unspecified atom stereocenters. The Morgan fingerprint density at radius 1 is 1.32 bits per heavy atom. The van der Waals surface area contributed by atoms with E-state index in [9.17, 15) is 9.59 Å². The summed E-state index contributed by atoms with van der Waals surface area (Å²) in [4.78, 5) is 25.8. The van der Waals surface area contributed by atoms with Gasteiger partial charge in [0.1, 0.15) is 11.6 Å². The first-order valence-electron chi connectivity index (χ1n) is 6.77. The van der Waals surface area contributed by atoms with E-state index < -0.39 is 17.7 Å². The highest BCUT2D eigenvalue weighted by Crippen LogP contribution is 2.35. The Bertz CT molecular complexity index is 357. The van der Waals surface area contributed by atoms with Gasteiger partial charge in [0, 0.05) is 5.54 Å². The Balaban J connectivity index is 2.90. The maximum absolute atomic E-state index is 12.3. The molecule has 1 amide bonds. The molecule has 1 aliphatic heterocycles. The number of carbonyl (C=O) groups excluding carboxylic acids is 2. The third kappa shape index (κ3) is 3.85. The largest absolute Gasteiger partial charge is 0.464 e. The third-order valence-electron chi connectivity index (χ3n) is 3.14. The Morgan fingerprint density at radius 3 is 2.37 bits per heavy atom. The number of rotatable bonds is 2. The number of hydrogen-bond acceptors (Lipinski definition) is 4. The van der Waals surface area contributed by atoms with Crippen LogP contribution in [0.2, 0.25) is 0 Å². The molecule has 5 heteroatoms. The number of nitrogens with zero attached hydrogens (tertiary/aromatic N) is 1. The number of amides is 1. The maximum Gasteiger partial charge on any atom is 0.411 e. The highest BCUT2D eigenvalue weighted by atomic mass is 16.6. The van der Waals surface area contributed by atoms with Gasteiger partial charge in [-0.05, 0) is 54.4 Å². The average Bonchev–Trinajstić information content (AvgIpc) is 2.51. The zero-order valence-corrected chi connectivity index (χ0v) is 12.8. The highest BCUT2D eigenvalue weighted by Gasteiger charge is 2.48. The van der Waals surface area contributed by atoms with Crippen LogP contribution in [0.1, 0.15) is 54.4 Å². The minimum Gasteiger partial charge on any atom is -0.464 e. The van der Waals surface area contributed by atoms with Gasteiger partial charge in [0.2, 0.25) is 0 Å². The van der Waals surface area contributed by atoms with Crippen molar-refractivity contribution in [1.82, 2.24) is 4.90 Å².